The highest BCUT2D eigenvalue weighted by atomic mass is 16.5. The lowest BCUT2D eigenvalue weighted by Gasteiger charge is -2.07. The van der Waals surface area contributed by atoms with Gasteiger partial charge in [-0.2, -0.15) is 0 Å². The zero-order valence-electron chi connectivity index (χ0n) is 11.6. The summed E-state index contributed by atoms with van der Waals surface area (Å²) in [6.45, 7) is 7.28. The maximum absolute atomic E-state index is 5.03. The maximum atomic E-state index is 5.03. The number of nitrogens with zero attached hydrogens (tertiary/aromatic N) is 1. The molecule has 0 radical (unpaired) electrons. The number of rotatable bonds is 8. The molecule has 0 saturated heterocycles. The molecule has 0 unspecified atom stereocenters. The highest BCUT2D eigenvalue weighted by Gasteiger charge is 2.02. The summed E-state index contributed by atoms with van der Waals surface area (Å²) in [5.41, 5.74) is 2.61. The highest BCUT2D eigenvalue weighted by molar-refractivity contribution is 5.80. The molecule has 102 valence electrons. The highest BCUT2D eigenvalue weighted by Crippen LogP contribution is 2.18. The van der Waals surface area contributed by atoms with Crippen LogP contribution in [0.1, 0.15) is 12.0 Å². The fourth-order valence-corrected chi connectivity index (χ4v) is 2.17. The first-order chi connectivity index (χ1) is 9.35. The van der Waals surface area contributed by atoms with Gasteiger partial charge in [-0.05, 0) is 29.5 Å². The number of aromatic nitrogens is 1. The van der Waals surface area contributed by atoms with E-state index < -0.39 is 0 Å². The van der Waals surface area contributed by atoms with Crippen molar-refractivity contribution in [1.82, 2.24) is 9.88 Å². The average molecular weight is 258 g/mol. The summed E-state index contributed by atoms with van der Waals surface area (Å²) < 4.78 is 7.31. The standard InChI is InChI=1S/C16H22N2O/c1-3-4-9-18-10-7-15-6-5-14(12-16(15)18)13-17-8-11-19-2/h3,5-7,10,12,17H,1,4,8-9,11,13H2,2H3. The molecule has 2 rings (SSSR count). The molecule has 1 heterocycles. The molecule has 0 fully saturated rings. The summed E-state index contributed by atoms with van der Waals surface area (Å²) in [4.78, 5) is 0. The summed E-state index contributed by atoms with van der Waals surface area (Å²) >= 11 is 0. The zero-order chi connectivity index (χ0) is 13.5. The molecule has 0 spiro atoms. The minimum atomic E-state index is 0.748. The Balaban J connectivity index is 2.07. The summed E-state index contributed by atoms with van der Waals surface area (Å²) in [6, 6.07) is 8.80. The van der Waals surface area contributed by atoms with E-state index in [4.69, 9.17) is 4.74 Å². The van der Waals surface area contributed by atoms with Crippen LogP contribution in [0, 0.1) is 0 Å². The van der Waals surface area contributed by atoms with Gasteiger partial charge in [-0.25, -0.2) is 0 Å². The maximum Gasteiger partial charge on any atom is 0.0587 e. The Morgan fingerprint density at radius 1 is 1.37 bits per heavy atom. The predicted octanol–water partition coefficient (Wildman–Crippen LogP) is 2.95. The lowest BCUT2D eigenvalue weighted by atomic mass is 10.1. The number of methoxy groups -OCH3 is 1. The van der Waals surface area contributed by atoms with Gasteiger partial charge in [0, 0.05) is 38.5 Å². The second-order valence-corrected chi connectivity index (χ2v) is 4.65. The van der Waals surface area contributed by atoms with Crippen LogP contribution in [-0.4, -0.2) is 24.8 Å². The van der Waals surface area contributed by atoms with Crippen molar-refractivity contribution >= 4 is 10.9 Å². The van der Waals surface area contributed by atoms with Gasteiger partial charge >= 0.3 is 0 Å². The van der Waals surface area contributed by atoms with E-state index in [0.717, 1.165) is 32.7 Å². The Morgan fingerprint density at radius 2 is 2.26 bits per heavy atom. The monoisotopic (exact) mass is 258 g/mol. The Bertz CT molecular complexity index is 531. The second kappa shape index (κ2) is 7.12. The van der Waals surface area contributed by atoms with Crippen LogP contribution < -0.4 is 5.32 Å². The van der Waals surface area contributed by atoms with Crippen LogP contribution in [-0.2, 0) is 17.8 Å². The van der Waals surface area contributed by atoms with Crippen LogP contribution >= 0.6 is 0 Å². The Hall–Kier alpha value is -1.58. The molecule has 0 aliphatic rings. The van der Waals surface area contributed by atoms with Gasteiger partial charge in [0.05, 0.1) is 6.61 Å². The Kier molecular flexibility index (Phi) is 5.19. The van der Waals surface area contributed by atoms with Gasteiger partial charge in [-0.3, -0.25) is 0 Å². The third-order valence-corrected chi connectivity index (χ3v) is 3.22. The van der Waals surface area contributed by atoms with Crippen LogP contribution in [0.3, 0.4) is 0 Å². The van der Waals surface area contributed by atoms with E-state index in [2.05, 4.69) is 46.9 Å². The number of hydrogen-bond acceptors (Lipinski definition) is 2. The number of hydrogen-bond donors (Lipinski definition) is 1. The molecule has 0 amide bonds. The first-order valence-corrected chi connectivity index (χ1v) is 6.73. The van der Waals surface area contributed by atoms with Gasteiger partial charge in [-0.15, -0.1) is 6.58 Å². The number of nitrogens with one attached hydrogen (secondary N) is 1. The van der Waals surface area contributed by atoms with Gasteiger partial charge in [0.15, 0.2) is 0 Å². The molecule has 2 aromatic rings. The largest absolute Gasteiger partial charge is 0.383 e. The van der Waals surface area contributed by atoms with E-state index in [1.165, 1.54) is 16.5 Å². The van der Waals surface area contributed by atoms with E-state index in [1.807, 2.05) is 6.08 Å². The minimum absolute atomic E-state index is 0.748. The number of allylic oxidation sites excluding steroid dienone is 1. The Morgan fingerprint density at radius 3 is 3.05 bits per heavy atom. The van der Waals surface area contributed by atoms with Gasteiger partial charge in [0.1, 0.15) is 0 Å². The van der Waals surface area contributed by atoms with Crippen molar-refractivity contribution in [3.63, 3.8) is 0 Å². The van der Waals surface area contributed by atoms with Crippen molar-refractivity contribution in [2.75, 3.05) is 20.3 Å². The fraction of sp³-hybridized carbons (Fsp3) is 0.375. The zero-order valence-corrected chi connectivity index (χ0v) is 11.6. The Labute approximate surface area is 114 Å². The van der Waals surface area contributed by atoms with Crippen molar-refractivity contribution in [3.8, 4) is 0 Å². The van der Waals surface area contributed by atoms with E-state index in [0.29, 0.717) is 0 Å². The van der Waals surface area contributed by atoms with Crippen LogP contribution in [0.15, 0.2) is 43.1 Å². The molecule has 3 nitrogen and oxygen atoms in total. The van der Waals surface area contributed by atoms with Gasteiger partial charge < -0.3 is 14.6 Å². The molecule has 0 atom stereocenters. The average Bonchev–Trinajstić information content (AvgIpc) is 2.84. The lowest BCUT2D eigenvalue weighted by Crippen LogP contribution is -2.18. The smallest absolute Gasteiger partial charge is 0.0587 e. The molecule has 0 bridgehead atoms. The van der Waals surface area contributed by atoms with Crippen LogP contribution in [0.25, 0.3) is 10.9 Å². The lowest BCUT2D eigenvalue weighted by molar-refractivity contribution is 0.199. The quantitative estimate of drug-likeness (QED) is 0.582. The van der Waals surface area contributed by atoms with Crippen LogP contribution in [0.4, 0.5) is 0 Å². The molecule has 0 saturated carbocycles. The minimum Gasteiger partial charge on any atom is -0.383 e. The van der Waals surface area contributed by atoms with Crippen LogP contribution in [0.2, 0.25) is 0 Å². The van der Waals surface area contributed by atoms with Crippen molar-refractivity contribution < 1.29 is 4.74 Å². The fourth-order valence-electron chi connectivity index (χ4n) is 2.17. The molecule has 0 aliphatic carbocycles. The summed E-state index contributed by atoms with van der Waals surface area (Å²) in [5, 5.41) is 4.67. The van der Waals surface area contributed by atoms with Gasteiger partial charge in [-0.1, -0.05) is 18.2 Å². The van der Waals surface area contributed by atoms with E-state index in [9.17, 15) is 0 Å². The summed E-state index contributed by atoms with van der Waals surface area (Å²) in [6.07, 6.45) is 5.11. The predicted molar refractivity (Wildman–Crippen MR) is 80.3 cm³/mol. The van der Waals surface area contributed by atoms with Gasteiger partial charge in [0.25, 0.3) is 0 Å². The first kappa shape index (κ1) is 13.8. The molecule has 19 heavy (non-hydrogen) atoms. The molecule has 0 aliphatic heterocycles. The van der Waals surface area contributed by atoms with Crippen molar-refractivity contribution in [2.24, 2.45) is 0 Å². The molecular formula is C16H22N2O. The number of ether oxygens (including phenoxy) is 1. The van der Waals surface area contributed by atoms with Gasteiger partial charge in [0.2, 0.25) is 0 Å². The van der Waals surface area contributed by atoms with E-state index in [1.54, 1.807) is 7.11 Å². The third-order valence-electron chi connectivity index (χ3n) is 3.22. The number of fused-ring (bicyclic) bond motifs is 1. The molecule has 1 aromatic carbocycles. The molecule has 1 aromatic heterocycles. The van der Waals surface area contributed by atoms with E-state index in [-0.39, 0.29) is 0 Å². The van der Waals surface area contributed by atoms with Crippen molar-refractivity contribution in [3.05, 3.63) is 48.7 Å². The van der Waals surface area contributed by atoms with Crippen LogP contribution in [0.5, 0.6) is 0 Å². The molecule has 3 heteroatoms. The second-order valence-electron chi connectivity index (χ2n) is 4.65. The number of aryl methyl sites for hydroxylation is 1. The van der Waals surface area contributed by atoms with Crippen molar-refractivity contribution in [1.29, 1.82) is 0 Å². The third kappa shape index (κ3) is 3.69. The molecule has 1 N–H and O–H groups in total. The van der Waals surface area contributed by atoms with E-state index >= 15 is 0 Å². The molecular weight excluding hydrogens is 236 g/mol. The first-order valence-electron chi connectivity index (χ1n) is 6.73. The summed E-state index contributed by atoms with van der Waals surface area (Å²) in [5.74, 6) is 0. The number of benzene rings is 1. The van der Waals surface area contributed by atoms with Crippen molar-refractivity contribution in [2.45, 2.75) is 19.5 Å². The summed E-state index contributed by atoms with van der Waals surface area (Å²) in [7, 11) is 1.72. The SMILES string of the molecule is C=CCCn1ccc2ccc(CNCCOC)cc21. The topological polar surface area (TPSA) is 26.2 Å². The normalized spacial score (nSPS) is 11.0.